The minimum absolute atomic E-state index is 0.109. The summed E-state index contributed by atoms with van der Waals surface area (Å²) in [5.74, 6) is 0.286. The van der Waals surface area contributed by atoms with Gasteiger partial charge in [-0.25, -0.2) is 0 Å². The summed E-state index contributed by atoms with van der Waals surface area (Å²) in [6, 6.07) is 3.19. The number of nitrogen functional groups attached to an aromatic ring is 1. The fourth-order valence-corrected chi connectivity index (χ4v) is 2.48. The van der Waals surface area contributed by atoms with Gasteiger partial charge in [0.15, 0.2) is 0 Å². The Morgan fingerprint density at radius 2 is 1.89 bits per heavy atom. The van der Waals surface area contributed by atoms with Crippen molar-refractivity contribution in [2.24, 2.45) is 5.92 Å². The van der Waals surface area contributed by atoms with E-state index < -0.39 is 0 Å². The van der Waals surface area contributed by atoms with Crippen LogP contribution < -0.4 is 11.1 Å². The van der Waals surface area contributed by atoms with Crippen LogP contribution in [0.15, 0.2) is 12.1 Å². The van der Waals surface area contributed by atoms with E-state index in [0.29, 0.717) is 22.2 Å². The molecule has 106 valence electrons. The highest BCUT2D eigenvalue weighted by atomic mass is 35.5. The smallest absolute Gasteiger partial charge is 0.251 e. The lowest BCUT2D eigenvalue weighted by atomic mass is 9.95. The second-order valence-electron chi connectivity index (χ2n) is 4.70. The Morgan fingerprint density at radius 3 is 2.37 bits per heavy atom. The van der Waals surface area contributed by atoms with Crippen molar-refractivity contribution in [1.82, 2.24) is 5.32 Å². The normalized spacial score (nSPS) is 12.5. The van der Waals surface area contributed by atoms with Gasteiger partial charge in [0.05, 0.1) is 15.7 Å². The zero-order chi connectivity index (χ0) is 14.6. The average Bonchev–Trinajstić information content (AvgIpc) is 2.36. The van der Waals surface area contributed by atoms with Crippen LogP contribution in [0.3, 0.4) is 0 Å². The summed E-state index contributed by atoms with van der Waals surface area (Å²) in [6.07, 6.45) is 2.06. The van der Waals surface area contributed by atoms with E-state index in [2.05, 4.69) is 19.2 Å². The summed E-state index contributed by atoms with van der Waals surface area (Å²) < 4.78 is 0. The number of benzene rings is 1. The Kier molecular flexibility index (Phi) is 5.95. The fourth-order valence-electron chi connectivity index (χ4n) is 2.15. The van der Waals surface area contributed by atoms with Crippen LogP contribution in [0.5, 0.6) is 0 Å². The molecule has 0 saturated carbocycles. The van der Waals surface area contributed by atoms with Crippen LogP contribution in [0, 0.1) is 5.92 Å². The lowest BCUT2D eigenvalue weighted by Crippen LogP contribution is -2.37. The van der Waals surface area contributed by atoms with E-state index in [9.17, 15) is 4.79 Å². The van der Waals surface area contributed by atoms with E-state index >= 15 is 0 Å². The Hall–Kier alpha value is -0.930. The van der Waals surface area contributed by atoms with Gasteiger partial charge in [-0.2, -0.15) is 0 Å². The molecule has 0 bridgehead atoms. The lowest BCUT2D eigenvalue weighted by molar-refractivity contribution is 0.0925. The highest BCUT2D eigenvalue weighted by molar-refractivity contribution is 6.43. The first-order valence-electron chi connectivity index (χ1n) is 6.46. The predicted octanol–water partition coefficient (Wildman–Crippen LogP) is 4.13. The largest absolute Gasteiger partial charge is 0.397 e. The standard InChI is InChI=1S/C14H20Cl2N2O/c1-4-9(5-2)8(3)18-14(19)10-6-11(15)13(16)12(17)7-10/h6-9H,4-5,17H2,1-3H3,(H,18,19). The zero-order valence-corrected chi connectivity index (χ0v) is 13.0. The predicted molar refractivity (Wildman–Crippen MR) is 81.9 cm³/mol. The molecule has 0 fully saturated rings. The molecule has 5 heteroatoms. The lowest BCUT2D eigenvalue weighted by Gasteiger charge is -2.22. The molecule has 1 amide bonds. The molecule has 0 aliphatic heterocycles. The van der Waals surface area contributed by atoms with Gasteiger partial charge >= 0.3 is 0 Å². The van der Waals surface area contributed by atoms with E-state index in [0.717, 1.165) is 12.8 Å². The summed E-state index contributed by atoms with van der Waals surface area (Å²) in [7, 11) is 0. The zero-order valence-electron chi connectivity index (χ0n) is 11.5. The van der Waals surface area contributed by atoms with Gasteiger partial charge in [-0.15, -0.1) is 0 Å². The maximum Gasteiger partial charge on any atom is 0.251 e. The number of nitrogens with two attached hydrogens (primary N) is 1. The number of amides is 1. The summed E-state index contributed by atoms with van der Waals surface area (Å²) in [5, 5.41) is 3.55. The van der Waals surface area contributed by atoms with Crippen LogP contribution >= 0.6 is 23.2 Å². The van der Waals surface area contributed by atoms with Gasteiger partial charge in [-0.05, 0) is 25.0 Å². The highest BCUT2D eigenvalue weighted by Gasteiger charge is 2.18. The molecular weight excluding hydrogens is 283 g/mol. The van der Waals surface area contributed by atoms with Crippen LogP contribution in [0.2, 0.25) is 10.0 Å². The molecule has 0 aliphatic carbocycles. The van der Waals surface area contributed by atoms with Gasteiger partial charge in [0.25, 0.3) is 5.91 Å². The Labute approximate surface area is 124 Å². The number of hydrogen-bond acceptors (Lipinski definition) is 2. The van der Waals surface area contributed by atoms with E-state index in [1.165, 1.54) is 6.07 Å². The molecule has 0 aromatic heterocycles. The molecular formula is C14H20Cl2N2O. The first kappa shape index (κ1) is 16.1. The number of hydrogen-bond donors (Lipinski definition) is 2. The summed E-state index contributed by atoms with van der Waals surface area (Å²) in [4.78, 5) is 12.1. The second-order valence-corrected chi connectivity index (χ2v) is 5.49. The van der Waals surface area contributed by atoms with Gasteiger partial charge in [-0.1, -0.05) is 49.9 Å². The SMILES string of the molecule is CCC(CC)C(C)NC(=O)c1cc(N)c(Cl)c(Cl)c1. The molecule has 0 spiro atoms. The van der Waals surface area contributed by atoms with Crippen LogP contribution in [-0.4, -0.2) is 11.9 Å². The molecule has 3 N–H and O–H groups in total. The van der Waals surface area contributed by atoms with Crippen molar-refractivity contribution in [3.63, 3.8) is 0 Å². The van der Waals surface area contributed by atoms with E-state index in [1.54, 1.807) is 6.07 Å². The average molecular weight is 303 g/mol. The van der Waals surface area contributed by atoms with E-state index in [-0.39, 0.29) is 17.0 Å². The van der Waals surface area contributed by atoms with E-state index in [4.69, 9.17) is 28.9 Å². The molecule has 3 nitrogen and oxygen atoms in total. The summed E-state index contributed by atoms with van der Waals surface area (Å²) in [6.45, 7) is 6.25. The molecule has 1 aromatic rings. The molecule has 0 aliphatic rings. The van der Waals surface area contributed by atoms with Crippen molar-refractivity contribution < 1.29 is 4.79 Å². The quantitative estimate of drug-likeness (QED) is 0.804. The molecule has 1 atom stereocenters. The molecule has 0 radical (unpaired) electrons. The first-order valence-corrected chi connectivity index (χ1v) is 7.21. The van der Waals surface area contributed by atoms with Crippen LogP contribution in [-0.2, 0) is 0 Å². The number of halogens is 2. The van der Waals surface area contributed by atoms with E-state index in [1.807, 2.05) is 6.92 Å². The van der Waals surface area contributed by atoms with Gasteiger partial charge < -0.3 is 11.1 Å². The van der Waals surface area contributed by atoms with Crippen molar-refractivity contribution in [3.8, 4) is 0 Å². The number of carbonyl (C=O) groups excluding carboxylic acids is 1. The fraction of sp³-hybridized carbons (Fsp3) is 0.500. The van der Waals surface area contributed by atoms with Crippen molar-refractivity contribution in [2.45, 2.75) is 39.7 Å². The van der Waals surface area contributed by atoms with Crippen molar-refractivity contribution in [3.05, 3.63) is 27.7 Å². The van der Waals surface area contributed by atoms with Gasteiger partial charge in [0.1, 0.15) is 0 Å². The number of nitrogens with one attached hydrogen (secondary N) is 1. The topological polar surface area (TPSA) is 55.1 Å². The third kappa shape index (κ3) is 4.02. The highest BCUT2D eigenvalue weighted by Crippen LogP contribution is 2.29. The number of rotatable bonds is 5. The third-order valence-corrected chi connectivity index (χ3v) is 4.25. The van der Waals surface area contributed by atoms with Crippen LogP contribution in [0.1, 0.15) is 44.0 Å². The van der Waals surface area contributed by atoms with Crippen LogP contribution in [0.25, 0.3) is 0 Å². The third-order valence-electron chi connectivity index (χ3n) is 3.43. The van der Waals surface area contributed by atoms with Crippen LogP contribution in [0.4, 0.5) is 5.69 Å². The minimum atomic E-state index is -0.176. The van der Waals surface area contributed by atoms with Gasteiger partial charge in [0.2, 0.25) is 0 Å². The monoisotopic (exact) mass is 302 g/mol. The first-order chi connectivity index (χ1) is 8.90. The maximum atomic E-state index is 12.1. The summed E-state index contributed by atoms with van der Waals surface area (Å²) in [5.41, 5.74) is 6.46. The molecule has 19 heavy (non-hydrogen) atoms. The Bertz CT molecular complexity index is 436. The second kappa shape index (κ2) is 7.01. The molecule has 0 saturated heterocycles. The number of carbonyl (C=O) groups is 1. The van der Waals surface area contributed by atoms with Crippen molar-refractivity contribution in [1.29, 1.82) is 0 Å². The Balaban J connectivity index is 2.84. The minimum Gasteiger partial charge on any atom is -0.397 e. The molecule has 0 heterocycles. The van der Waals surface area contributed by atoms with Gasteiger partial charge in [-0.3, -0.25) is 4.79 Å². The summed E-state index contributed by atoms with van der Waals surface area (Å²) >= 11 is 11.8. The Morgan fingerprint density at radius 1 is 1.32 bits per heavy atom. The van der Waals surface area contributed by atoms with Crippen molar-refractivity contribution >= 4 is 34.8 Å². The molecule has 1 aromatic carbocycles. The van der Waals surface area contributed by atoms with Crippen molar-refractivity contribution in [2.75, 3.05) is 5.73 Å². The number of anilines is 1. The molecule has 1 unspecified atom stereocenters. The maximum absolute atomic E-state index is 12.1. The molecule has 1 rings (SSSR count). The van der Waals surface area contributed by atoms with Gasteiger partial charge in [0, 0.05) is 11.6 Å².